The van der Waals surface area contributed by atoms with Gasteiger partial charge < -0.3 is 19.6 Å². The van der Waals surface area contributed by atoms with Crippen LogP contribution in [0.15, 0.2) is 0 Å². The third kappa shape index (κ3) is 3.09. The maximum absolute atomic E-state index is 12.6. The quantitative estimate of drug-likeness (QED) is 0.775. The molecular weight excluding hydrogens is 288 g/mol. The van der Waals surface area contributed by atoms with E-state index in [1.165, 1.54) is 4.90 Å². The van der Waals surface area contributed by atoms with Crippen LogP contribution >= 0.6 is 0 Å². The number of rotatable bonds is 5. The first-order chi connectivity index (χ1) is 10.3. The molecule has 7 heteroatoms. The Labute approximate surface area is 130 Å². The van der Waals surface area contributed by atoms with Crippen LogP contribution in [0.5, 0.6) is 0 Å². The van der Waals surface area contributed by atoms with E-state index in [1.54, 1.807) is 25.9 Å². The summed E-state index contributed by atoms with van der Waals surface area (Å²) in [6, 6.07) is 0. The second kappa shape index (κ2) is 6.24. The number of carboxylic acid groups (broad SMARTS) is 1. The smallest absolute Gasteiger partial charge is 0.307 e. The molecule has 1 aliphatic carbocycles. The van der Waals surface area contributed by atoms with Crippen LogP contribution < -0.4 is 0 Å². The van der Waals surface area contributed by atoms with Gasteiger partial charge >= 0.3 is 5.97 Å². The minimum absolute atomic E-state index is 0.0292. The lowest BCUT2D eigenvalue weighted by Crippen LogP contribution is -2.41. The van der Waals surface area contributed by atoms with Crippen LogP contribution in [0.2, 0.25) is 0 Å². The fraction of sp³-hybridized carbons (Fsp3) is 0.800. The van der Waals surface area contributed by atoms with Crippen LogP contribution in [0.4, 0.5) is 0 Å². The lowest BCUT2D eigenvalue weighted by atomic mass is 10.1. The van der Waals surface area contributed by atoms with Crippen molar-refractivity contribution in [3.05, 3.63) is 0 Å². The summed E-state index contributed by atoms with van der Waals surface area (Å²) in [5.41, 5.74) is -0.534. The molecule has 1 N–H and O–H groups in total. The monoisotopic (exact) mass is 312 g/mol. The van der Waals surface area contributed by atoms with E-state index in [9.17, 15) is 19.5 Å². The van der Waals surface area contributed by atoms with E-state index in [1.807, 2.05) is 0 Å². The molecule has 2 atom stereocenters. The molecule has 22 heavy (non-hydrogen) atoms. The highest BCUT2D eigenvalue weighted by Gasteiger charge is 2.66. The molecule has 1 saturated carbocycles. The molecular formula is C15H24N2O5. The number of hydrogen-bond acceptors (Lipinski definition) is 4. The molecule has 2 amide bonds. The molecule has 2 rings (SSSR count). The average Bonchev–Trinajstić information content (AvgIpc) is 3.07. The summed E-state index contributed by atoms with van der Waals surface area (Å²) < 4.78 is 4.98. The van der Waals surface area contributed by atoms with E-state index in [2.05, 4.69) is 0 Å². The molecule has 2 fully saturated rings. The van der Waals surface area contributed by atoms with Gasteiger partial charge in [0.05, 0.1) is 25.0 Å². The Morgan fingerprint density at radius 1 is 1.32 bits per heavy atom. The topological polar surface area (TPSA) is 87.2 Å². The van der Waals surface area contributed by atoms with Crippen LogP contribution in [0.3, 0.4) is 0 Å². The van der Waals surface area contributed by atoms with Gasteiger partial charge in [-0.2, -0.15) is 0 Å². The van der Waals surface area contributed by atoms with E-state index in [-0.39, 0.29) is 18.4 Å². The second-order valence-electron chi connectivity index (χ2n) is 6.60. The fourth-order valence-corrected chi connectivity index (χ4v) is 3.30. The van der Waals surface area contributed by atoms with Gasteiger partial charge in [-0.05, 0) is 11.8 Å². The highest BCUT2D eigenvalue weighted by atomic mass is 16.5. The summed E-state index contributed by atoms with van der Waals surface area (Å²) in [4.78, 5) is 39.2. The van der Waals surface area contributed by atoms with Crippen molar-refractivity contribution in [1.82, 2.24) is 9.80 Å². The predicted molar refractivity (Wildman–Crippen MR) is 78.0 cm³/mol. The Balaban J connectivity index is 2.00. The highest BCUT2D eigenvalue weighted by molar-refractivity contribution is 5.93. The molecule has 1 saturated heterocycles. The van der Waals surface area contributed by atoms with Gasteiger partial charge in [0.1, 0.15) is 0 Å². The maximum atomic E-state index is 12.6. The van der Waals surface area contributed by atoms with E-state index >= 15 is 0 Å². The predicted octanol–water partition coefficient (Wildman–Crippen LogP) is 0.0505. The molecule has 7 nitrogen and oxygen atoms in total. The molecule has 0 bridgehead atoms. The van der Waals surface area contributed by atoms with E-state index in [0.29, 0.717) is 32.7 Å². The third-order valence-corrected chi connectivity index (χ3v) is 4.77. The van der Waals surface area contributed by atoms with Crippen molar-refractivity contribution in [2.24, 2.45) is 17.3 Å². The third-order valence-electron chi connectivity index (χ3n) is 4.77. The molecule has 0 unspecified atom stereocenters. The number of carbonyl (C=O) groups is 3. The minimum Gasteiger partial charge on any atom is -0.481 e. The fourth-order valence-electron chi connectivity index (χ4n) is 3.30. The SMILES string of the molecule is COCCN1CCCN(C(=O)[C@@H]2[C@H](C(=O)O)C2(C)C)CC1=O. The molecule has 2 aliphatic rings. The maximum Gasteiger partial charge on any atom is 0.307 e. The summed E-state index contributed by atoms with van der Waals surface area (Å²) in [7, 11) is 1.58. The number of carboxylic acids is 1. The first-order valence-electron chi connectivity index (χ1n) is 7.59. The van der Waals surface area contributed by atoms with Crippen molar-refractivity contribution >= 4 is 17.8 Å². The van der Waals surface area contributed by atoms with Gasteiger partial charge in [0.25, 0.3) is 0 Å². The van der Waals surface area contributed by atoms with Gasteiger partial charge in [-0.3, -0.25) is 14.4 Å². The Morgan fingerprint density at radius 2 is 2.00 bits per heavy atom. The molecule has 0 aromatic rings. The summed E-state index contributed by atoms with van der Waals surface area (Å²) in [6.45, 7) is 5.69. The lowest BCUT2D eigenvalue weighted by molar-refractivity contribution is -0.143. The minimum atomic E-state index is -0.939. The van der Waals surface area contributed by atoms with Crippen molar-refractivity contribution in [3.8, 4) is 0 Å². The first-order valence-corrected chi connectivity index (χ1v) is 7.59. The van der Waals surface area contributed by atoms with E-state index < -0.39 is 23.2 Å². The Bertz CT molecular complexity index is 477. The van der Waals surface area contributed by atoms with Crippen molar-refractivity contribution in [2.45, 2.75) is 20.3 Å². The zero-order chi connectivity index (χ0) is 16.5. The number of ether oxygens (including phenoxy) is 1. The van der Waals surface area contributed by atoms with Gasteiger partial charge in [0.15, 0.2) is 0 Å². The summed E-state index contributed by atoms with van der Waals surface area (Å²) in [6.07, 6.45) is 0.700. The Kier molecular flexibility index (Phi) is 4.75. The van der Waals surface area contributed by atoms with Crippen molar-refractivity contribution in [1.29, 1.82) is 0 Å². The second-order valence-corrected chi connectivity index (χ2v) is 6.60. The summed E-state index contributed by atoms with van der Waals surface area (Å²) in [5.74, 6) is -2.43. The van der Waals surface area contributed by atoms with Crippen molar-refractivity contribution in [2.75, 3.05) is 39.9 Å². The number of methoxy groups -OCH3 is 1. The van der Waals surface area contributed by atoms with Gasteiger partial charge in [-0.25, -0.2) is 0 Å². The molecule has 124 valence electrons. The van der Waals surface area contributed by atoms with E-state index in [0.717, 1.165) is 0 Å². The van der Waals surface area contributed by atoms with Gasteiger partial charge in [0.2, 0.25) is 11.8 Å². The highest BCUT2D eigenvalue weighted by Crippen LogP contribution is 2.59. The van der Waals surface area contributed by atoms with Crippen molar-refractivity contribution in [3.63, 3.8) is 0 Å². The zero-order valence-electron chi connectivity index (χ0n) is 13.4. The molecule has 0 spiro atoms. The van der Waals surface area contributed by atoms with E-state index in [4.69, 9.17) is 4.74 Å². The molecule has 0 aromatic carbocycles. The molecule has 0 radical (unpaired) electrons. The molecule has 1 aliphatic heterocycles. The Morgan fingerprint density at radius 3 is 2.55 bits per heavy atom. The van der Waals surface area contributed by atoms with Crippen molar-refractivity contribution < 1.29 is 24.2 Å². The number of amides is 2. The number of nitrogens with zero attached hydrogens (tertiary/aromatic N) is 2. The Hall–Kier alpha value is -1.63. The largest absolute Gasteiger partial charge is 0.481 e. The summed E-state index contributed by atoms with van der Waals surface area (Å²) in [5, 5.41) is 9.19. The van der Waals surface area contributed by atoms with Crippen LogP contribution in [0.1, 0.15) is 20.3 Å². The van der Waals surface area contributed by atoms with Crippen LogP contribution in [-0.4, -0.2) is 72.6 Å². The number of carbonyl (C=O) groups excluding carboxylic acids is 2. The lowest BCUT2D eigenvalue weighted by Gasteiger charge is -2.22. The standard InChI is InChI=1S/C15H24N2O5/c1-15(2)11(12(15)14(20)21)13(19)17-6-4-5-16(7-8-22-3)10(18)9-17/h11-12H,4-9H2,1-3H3,(H,20,21)/t11-,12+/m0/s1. The normalized spacial score (nSPS) is 27.5. The first kappa shape index (κ1) is 16.7. The summed E-state index contributed by atoms with van der Waals surface area (Å²) >= 11 is 0. The van der Waals surface area contributed by atoms with Gasteiger partial charge in [-0.15, -0.1) is 0 Å². The van der Waals surface area contributed by atoms with Crippen LogP contribution in [-0.2, 0) is 19.1 Å². The number of aliphatic carboxylic acids is 1. The average molecular weight is 312 g/mol. The van der Waals surface area contributed by atoms with Crippen LogP contribution in [0.25, 0.3) is 0 Å². The van der Waals surface area contributed by atoms with Gasteiger partial charge in [0, 0.05) is 26.7 Å². The molecule has 1 heterocycles. The molecule has 0 aromatic heterocycles. The number of hydrogen-bond donors (Lipinski definition) is 1. The van der Waals surface area contributed by atoms with Gasteiger partial charge in [-0.1, -0.05) is 13.8 Å². The zero-order valence-corrected chi connectivity index (χ0v) is 13.4. The van der Waals surface area contributed by atoms with Crippen LogP contribution in [0, 0.1) is 17.3 Å².